The molecule has 0 fully saturated rings. The minimum atomic E-state index is -0.572. The molecule has 1 N–H and O–H groups in total. The Hall–Kier alpha value is -4.26. The number of nitrogens with one attached hydrogen (secondary N) is 1. The van der Waals surface area contributed by atoms with Crippen LogP contribution in [0.4, 0.5) is 4.79 Å². The van der Waals surface area contributed by atoms with E-state index in [1.807, 2.05) is 87.5 Å². The molecule has 7 nitrogen and oxygen atoms in total. The van der Waals surface area contributed by atoms with Gasteiger partial charge in [0.25, 0.3) is 0 Å². The van der Waals surface area contributed by atoms with E-state index in [0.717, 1.165) is 16.7 Å². The van der Waals surface area contributed by atoms with Crippen molar-refractivity contribution in [3.8, 4) is 22.6 Å². The van der Waals surface area contributed by atoms with E-state index in [2.05, 4.69) is 5.32 Å². The molecule has 0 saturated carbocycles. The van der Waals surface area contributed by atoms with Crippen LogP contribution in [0.15, 0.2) is 77.4 Å². The fourth-order valence-corrected chi connectivity index (χ4v) is 3.68. The van der Waals surface area contributed by atoms with Crippen LogP contribution in [0.25, 0.3) is 22.1 Å². The molecule has 4 rings (SSSR count). The fourth-order valence-electron chi connectivity index (χ4n) is 3.68. The van der Waals surface area contributed by atoms with Crippen molar-refractivity contribution >= 4 is 23.0 Å². The molecular weight excluding hydrogens is 458 g/mol. The van der Waals surface area contributed by atoms with Crippen molar-refractivity contribution in [3.63, 3.8) is 0 Å². The van der Waals surface area contributed by atoms with E-state index in [-0.39, 0.29) is 6.61 Å². The molecule has 0 spiro atoms. The van der Waals surface area contributed by atoms with Gasteiger partial charge in [0.15, 0.2) is 11.3 Å². The maximum Gasteiger partial charge on any atom is 0.407 e. The molecule has 186 valence electrons. The molecule has 4 aromatic rings. The summed E-state index contributed by atoms with van der Waals surface area (Å²) in [6.07, 6.45) is 0.913. The van der Waals surface area contributed by atoms with Crippen LogP contribution in [0.5, 0.6) is 11.5 Å². The summed E-state index contributed by atoms with van der Waals surface area (Å²) in [7, 11) is 0. The molecule has 7 heteroatoms. The highest BCUT2D eigenvalue weighted by Gasteiger charge is 2.20. The zero-order chi connectivity index (χ0) is 25.7. The van der Waals surface area contributed by atoms with Gasteiger partial charge in [0.05, 0.1) is 6.61 Å². The number of carbonyl (C=O) groups is 2. The highest BCUT2D eigenvalue weighted by molar-refractivity contribution is 6.06. The normalized spacial score (nSPS) is 11.2. The smallest absolute Gasteiger partial charge is 0.407 e. The van der Waals surface area contributed by atoms with E-state index in [4.69, 9.17) is 18.6 Å². The summed E-state index contributed by atoms with van der Waals surface area (Å²) in [6, 6.07) is 20.8. The highest BCUT2D eigenvalue weighted by Crippen LogP contribution is 2.38. The number of carbonyl (C=O) groups excluding carboxylic acids is 2. The summed E-state index contributed by atoms with van der Waals surface area (Å²) in [5.74, 6) is 0.649. The topological polar surface area (TPSA) is 87.0 Å². The van der Waals surface area contributed by atoms with Crippen LogP contribution >= 0.6 is 0 Å². The second-order valence-electron chi connectivity index (χ2n) is 9.19. The first-order chi connectivity index (χ1) is 17.2. The average Bonchev–Trinajstić information content (AvgIpc) is 3.27. The Morgan fingerprint density at radius 3 is 2.44 bits per heavy atom. The number of furan rings is 1. The molecule has 0 atom stereocenters. The average molecular weight is 488 g/mol. The molecule has 1 amide bonds. The Balaban J connectivity index is 1.70. The van der Waals surface area contributed by atoms with Gasteiger partial charge in [-0.05, 0) is 74.7 Å². The van der Waals surface area contributed by atoms with Crippen molar-refractivity contribution < 1.29 is 28.2 Å². The molecule has 0 saturated heterocycles. The van der Waals surface area contributed by atoms with Crippen LogP contribution in [-0.4, -0.2) is 24.3 Å². The van der Waals surface area contributed by atoms with Crippen LogP contribution in [0.3, 0.4) is 0 Å². The predicted octanol–water partition coefficient (Wildman–Crippen LogP) is 7.09. The van der Waals surface area contributed by atoms with E-state index >= 15 is 0 Å². The number of hydrogen-bond acceptors (Lipinski definition) is 6. The van der Waals surface area contributed by atoms with E-state index in [1.165, 1.54) is 6.26 Å². The number of fused-ring (bicyclic) bond motifs is 1. The molecule has 1 aromatic heterocycles. The maximum atomic E-state index is 12.6. The summed E-state index contributed by atoms with van der Waals surface area (Å²) >= 11 is 0. The van der Waals surface area contributed by atoms with Gasteiger partial charge in [0, 0.05) is 11.9 Å². The number of alkyl carbamates (subject to hydrolysis) is 1. The molecule has 3 aromatic carbocycles. The van der Waals surface area contributed by atoms with Crippen molar-refractivity contribution in [1.82, 2.24) is 5.32 Å². The van der Waals surface area contributed by atoms with Crippen LogP contribution in [0.1, 0.15) is 43.6 Å². The summed E-state index contributed by atoms with van der Waals surface area (Å²) in [6.45, 7) is 7.77. The second kappa shape index (κ2) is 10.6. The van der Waals surface area contributed by atoms with Crippen molar-refractivity contribution in [2.45, 2.75) is 39.8 Å². The van der Waals surface area contributed by atoms with E-state index in [0.29, 0.717) is 34.6 Å². The zero-order valence-electron chi connectivity index (χ0n) is 20.8. The molecule has 0 aliphatic rings. The quantitative estimate of drug-likeness (QED) is 0.280. The Kier molecular flexibility index (Phi) is 7.29. The van der Waals surface area contributed by atoms with Gasteiger partial charge >= 0.3 is 12.1 Å². The first-order valence-corrected chi connectivity index (χ1v) is 11.7. The monoisotopic (exact) mass is 487 g/mol. The van der Waals surface area contributed by atoms with Crippen molar-refractivity contribution in [3.05, 3.63) is 84.1 Å². The van der Waals surface area contributed by atoms with Crippen molar-refractivity contribution in [1.29, 1.82) is 0 Å². The van der Waals surface area contributed by atoms with Crippen LogP contribution in [0.2, 0.25) is 0 Å². The first kappa shape index (κ1) is 24.9. The van der Waals surface area contributed by atoms with E-state index < -0.39 is 17.7 Å². The Morgan fingerprint density at radius 1 is 0.944 bits per heavy atom. The van der Waals surface area contributed by atoms with Gasteiger partial charge in [-0.3, -0.25) is 0 Å². The number of amides is 1. The van der Waals surface area contributed by atoms with Crippen molar-refractivity contribution in [2.24, 2.45) is 0 Å². The Labute approximate surface area is 210 Å². The van der Waals surface area contributed by atoms with Crippen molar-refractivity contribution in [2.75, 3.05) is 6.61 Å². The van der Waals surface area contributed by atoms with E-state index in [1.54, 1.807) is 6.92 Å². The van der Waals surface area contributed by atoms with Gasteiger partial charge in [-0.1, -0.05) is 36.4 Å². The highest BCUT2D eigenvalue weighted by atomic mass is 16.6. The molecule has 1 heterocycles. The number of hydrogen-bond donors (Lipinski definition) is 1. The van der Waals surface area contributed by atoms with Gasteiger partial charge in [-0.15, -0.1) is 0 Å². The van der Waals surface area contributed by atoms with Gasteiger partial charge < -0.3 is 23.9 Å². The number of ether oxygens (including phenoxy) is 3. The first-order valence-electron chi connectivity index (χ1n) is 11.7. The molecular formula is C29H29NO6. The summed E-state index contributed by atoms with van der Waals surface area (Å²) in [5, 5.41) is 3.37. The van der Waals surface area contributed by atoms with Crippen LogP contribution in [-0.2, 0) is 16.0 Å². The van der Waals surface area contributed by atoms with Gasteiger partial charge in [0.2, 0.25) is 0 Å². The standard InChI is InChI=1S/C29H29NO6/c1-5-33-27(31)24-18-34-26-23(24)15-21(16-25(26)35-22-12-7-6-8-13-22)20-11-9-10-19(14-20)17-30-28(32)36-29(2,3)4/h6-16,18H,5,17H2,1-4H3,(H,30,32). The second-order valence-corrected chi connectivity index (χ2v) is 9.19. The lowest BCUT2D eigenvalue weighted by Crippen LogP contribution is -2.32. The number of benzene rings is 3. The third kappa shape index (κ3) is 6.05. The summed E-state index contributed by atoms with van der Waals surface area (Å²) in [5.41, 5.74) is 2.80. The maximum absolute atomic E-state index is 12.6. The molecule has 0 unspecified atom stereocenters. The molecule has 0 aliphatic carbocycles. The number of para-hydroxylation sites is 1. The third-order valence-electron chi connectivity index (χ3n) is 5.20. The third-order valence-corrected chi connectivity index (χ3v) is 5.20. The van der Waals surface area contributed by atoms with Crippen LogP contribution in [0, 0.1) is 0 Å². The number of esters is 1. The van der Waals surface area contributed by atoms with E-state index in [9.17, 15) is 9.59 Å². The lowest BCUT2D eigenvalue weighted by atomic mass is 10.00. The lowest BCUT2D eigenvalue weighted by molar-refractivity contribution is 0.0515. The van der Waals surface area contributed by atoms with Gasteiger partial charge in [-0.25, -0.2) is 9.59 Å². The number of rotatable bonds is 7. The lowest BCUT2D eigenvalue weighted by Gasteiger charge is -2.19. The Bertz CT molecular complexity index is 1370. The molecule has 0 radical (unpaired) electrons. The zero-order valence-corrected chi connectivity index (χ0v) is 20.8. The minimum absolute atomic E-state index is 0.255. The SMILES string of the molecule is CCOC(=O)c1coc2c(Oc3ccccc3)cc(-c3cccc(CNC(=O)OC(C)(C)C)c3)cc12. The summed E-state index contributed by atoms with van der Waals surface area (Å²) in [4.78, 5) is 24.6. The van der Waals surface area contributed by atoms with Gasteiger partial charge in [-0.2, -0.15) is 0 Å². The predicted molar refractivity (Wildman–Crippen MR) is 137 cm³/mol. The molecule has 0 bridgehead atoms. The Morgan fingerprint density at radius 2 is 1.72 bits per heavy atom. The minimum Gasteiger partial charge on any atom is -0.462 e. The summed E-state index contributed by atoms with van der Waals surface area (Å²) < 4.78 is 22.4. The molecule has 0 aliphatic heterocycles. The van der Waals surface area contributed by atoms with Gasteiger partial charge in [0.1, 0.15) is 23.2 Å². The largest absolute Gasteiger partial charge is 0.462 e. The molecule has 36 heavy (non-hydrogen) atoms. The van der Waals surface area contributed by atoms with Crippen LogP contribution < -0.4 is 10.1 Å². The fraction of sp³-hybridized carbons (Fsp3) is 0.241.